The van der Waals surface area contributed by atoms with Crippen molar-refractivity contribution in [1.29, 1.82) is 5.26 Å². The van der Waals surface area contributed by atoms with Gasteiger partial charge in [-0.25, -0.2) is 8.78 Å². The Kier molecular flexibility index (Phi) is 2.85. The third-order valence-electron chi connectivity index (χ3n) is 1.34. The summed E-state index contributed by atoms with van der Waals surface area (Å²) in [5.41, 5.74) is 0. The van der Waals surface area contributed by atoms with Crippen molar-refractivity contribution in [2.24, 2.45) is 0 Å². The maximum atomic E-state index is 13.1. The highest BCUT2D eigenvalue weighted by atomic mass is 35.5. The maximum absolute atomic E-state index is 13.1. The molecular formula is C5HCl3F3NO2. The van der Waals surface area contributed by atoms with Crippen LogP contribution in [0.4, 0.5) is 13.2 Å². The smallest absolute Gasteiger partial charge is 0.290 e. The molecule has 0 spiro atoms. The Morgan fingerprint density at radius 1 is 1.21 bits per heavy atom. The van der Waals surface area contributed by atoms with Crippen LogP contribution < -0.4 is 0 Å². The minimum Gasteiger partial charge on any atom is -0.290 e. The van der Waals surface area contributed by atoms with Gasteiger partial charge in [0.15, 0.2) is 0 Å². The molecule has 1 saturated heterocycles. The molecule has 0 aromatic rings. The highest BCUT2D eigenvalue weighted by molar-refractivity contribution is 6.51. The lowest BCUT2D eigenvalue weighted by molar-refractivity contribution is -0.222. The van der Waals surface area contributed by atoms with Gasteiger partial charge in [-0.3, -0.25) is 9.47 Å². The lowest BCUT2D eigenvalue weighted by Crippen LogP contribution is -2.38. The molecule has 9 heteroatoms. The molecule has 0 saturated carbocycles. The summed E-state index contributed by atoms with van der Waals surface area (Å²) in [6.45, 7) is 0. The molecule has 0 N–H and O–H groups in total. The Morgan fingerprint density at radius 2 is 1.71 bits per heavy atom. The van der Waals surface area contributed by atoms with E-state index < -0.39 is 22.0 Å². The fraction of sp³-hybridized carbons (Fsp3) is 0.800. The average molecular weight is 270 g/mol. The predicted molar refractivity (Wildman–Crippen MR) is 40.6 cm³/mol. The van der Waals surface area contributed by atoms with Crippen LogP contribution in [0.2, 0.25) is 0 Å². The van der Waals surface area contributed by atoms with E-state index in [-0.39, 0.29) is 0 Å². The van der Waals surface area contributed by atoms with Gasteiger partial charge in [-0.15, -0.1) is 0 Å². The first-order chi connectivity index (χ1) is 6.17. The first-order valence-electron chi connectivity index (χ1n) is 3.02. The summed E-state index contributed by atoms with van der Waals surface area (Å²) in [5.74, 6) is -3.19. The summed E-state index contributed by atoms with van der Waals surface area (Å²) in [5, 5.41) is 4.91. The van der Waals surface area contributed by atoms with Gasteiger partial charge in [0.25, 0.3) is 4.52 Å². The van der Waals surface area contributed by atoms with Crippen LogP contribution in [0, 0.1) is 11.3 Å². The van der Waals surface area contributed by atoms with Crippen LogP contribution in [0.5, 0.6) is 0 Å². The highest BCUT2D eigenvalue weighted by Crippen LogP contribution is 2.54. The van der Waals surface area contributed by atoms with Crippen LogP contribution in [0.25, 0.3) is 0 Å². The molecule has 3 nitrogen and oxygen atoms in total. The van der Waals surface area contributed by atoms with Crippen LogP contribution in [0.15, 0.2) is 0 Å². The molecule has 0 aliphatic carbocycles. The Hall–Kier alpha value is 0.0700. The van der Waals surface area contributed by atoms with Crippen molar-refractivity contribution in [3.63, 3.8) is 0 Å². The summed E-state index contributed by atoms with van der Waals surface area (Å²) in [4.78, 5) is 0. The molecule has 1 aliphatic heterocycles. The standard InChI is InChI=1S/C5HCl3F3NO2/c6-4(7)5(8,11)14-3(1-12,13-4)2(9)10/h2H. The Balaban J connectivity index is 3.07. The van der Waals surface area contributed by atoms with Crippen molar-refractivity contribution in [3.8, 4) is 6.07 Å². The summed E-state index contributed by atoms with van der Waals surface area (Å²) < 4.78 is 42.7. The van der Waals surface area contributed by atoms with Crippen LogP contribution in [-0.2, 0) is 9.47 Å². The summed E-state index contributed by atoms with van der Waals surface area (Å²) in [6, 6.07) is 0.900. The van der Waals surface area contributed by atoms with E-state index in [0.717, 1.165) is 6.07 Å². The van der Waals surface area contributed by atoms with Gasteiger partial charge in [-0.2, -0.15) is 9.65 Å². The number of nitrogens with zero attached hydrogens (tertiary/aromatic N) is 1. The molecule has 0 aromatic carbocycles. The maximum Gasteiger partial charge on any atom is 0.348 e. The summed E-state index contributed by atoms with van der Waals surface area (Å²) >= 11 is 15.1. The molecule has 0 amide bonds. The minimum absolute atomic E-state index is 0.900. The number of hydrogen-bond acceptors (Lipinski definition) is 3. The number of rotatable bonds is 1. The fourth-order valence-electron chi connectivity index (χ4n) is 0.704. The van der Waals surface area contributed by atoms with Gasteiger partial charge < -0.3 is 0 Å². The molecule has 14 heavy (non-hydrogen) atoms. The van der Waals surface area contributed by atoms with Gasteiger partial charge in [-0.05, 0) is 11.6 Å². The van der Waals surface area contributed by atoms with E-state index in [1.165, 1.54) is 0 Å². The van der Waals surface area contributed by atoms with Crippen molar-refractivity contribution in [3.05, 3.63) is 0 Å². The van der Waals surface area contributed by atoms with Crippen molar-refractivity contribution in [2.45, 2.75) is 22.0 Å². The van der Waals surface area contributed by atoms with Gasteiger partial charge in [0.2, 0.25) is 0 Å². The van der Waals surface area contributed by atoms with Gasteiger partial charge in [0, 0.05) is 0 Å². The van der Waals surface area contributed by atoms with E-state index in [2.05, 4.69) is 9.47 Å². The van der Waals surface area contributed by atoms with E-state index >= 15 is 0 Å². The third kappa shape index (κ3) is 1.64. The summed E-state index contributed by atoms with van der Waals surface area (Å²) in [6.07, 6.45) is -3.47. The van der Waals surface area contributed by atoms with Gasteiger partial charge in [-0.1, -0.05) is 23.2 Å². The van der Waals surface area contributed by atoms with Crippen molar-refractivity contribution >= 4 is 34.8 Å². The molecule has 2 unspecified atom stereocenters. The molecular weight excluding hydrogens is 269 g/mol. The molecule has 0 bridgehead atoms. The Bertz CT molecular complexity index is 274. The van der Waals surface area contributed by atoms with Gasteiger partial charge in [0.1, 0.15) is 6.07 Å². The van der Waals surface area contributed by atoms with Crippen molar-refractivity contribution in [2.75, 3.05) is 0 Å². The zero-order chi connectivity index (χ0) is 11.2. The molecule has 2 atom stereocenters. The SMILES string of the molecule is N#CC1(C(F)F)OC(F)(Cl)C(Cl)(Cl)O1. The molecule has 80 valence electrons. The zero-order valence-corrected chi connectivity index (χ0v) is 8.38. The van der Waals surface area contributed by atoms with Gasteiger partial charge >= 0.3 is 17.5 Å². The third-order valence-corrected chi connectivity index (χ3v) is 2.52. The van der Waals surface area contributed by atoms with Crippen LogP contribution in [0.1, 0.15) is 0 Å². The second-order valence-electron chi connectivity index (χ2n) is 2.32. The van der Waals surface area contributed by atoms with E-state index in [1.54, 1.807) is 0 Å². The topological polar surface area (TPSA) is 42.2 Å². The first-order valence-corrected chi connectivity index (χ1v) is 4.16. The van der Waals surface area contributed by atoms with E-state index in [0.29, 0.717) is 0 Å². The average Bonchev–Trinajstić information content (AvgIpc) is 2.19. The van der Waals surface area contributed by atoms with Crippen molar-refractivity contribution < 1.29 is 22.6 Å². The molecule has 0 aromatic heterocycles. The number of alkyl halides is 6. The quantitative estimate of drug-likeness (QED) is 0.688. The Labute approximate surface area is 91.2 Å². The lowest BCUT2D eigenvalue weighted by Gasteiger charge is -2.17. The summed E-state index contributed by atoms with van der Waals surface area (Å²) in [7, 11) is 0. The number of hydrogen-bond donors (Lipinski definition) is 0. The van der Waals surface area contributed by atoms with Crippen LogP contribution in [0.3, 0.4) is 0 Å². The van der Waals surface area contributed by atoms with E-state index in [4.69, 9.17) is 40.1 Å². The molecule has 0 radical (unpaired) electrons. The number of ether oxygens (including phenoxy) is 2. The zero-order valence-electron chi connectivity index (χ0n) is 6.11. The van der Waals surface area contributed by atoms with Crippen LogP contribution in [-0.4, -0.2) is 22.0 Å². The molecule has 1 aliphatic rings. The predicted octanol–water partition coefficient (Wildman–Crippen LogP) is 2.51. The largest absolute Gasteiger partial charge is 0.348 e. The minimum atomic E-state index is -3.47. The second kappa shape index (κ2) is 3.29. The first kappa shape index (κ1) is 12.1. The van der Waals surface area contributed by atoms with E-state index in [9.17, 15) is 13.2 Å². The monoisotopic (exact) mass is 269 g/mol. The second-order valence-corrected chi connectivity index (χ2v) is 4.06. The van der Waals surface area contributed by atoms with E-state index in [1.807, 2.05) is 0 Å². The lowest BCUT2D eigenvalue weighted by atomic mass is 10.3. The normalized spacial score (nSPS) is 41.3. The molecule has 1 heterocycles. The Morgan fingerprint density at radius 3 is 1.86 bits per heavy atom. The molecule has 1 rings (SSSR count). The van der Waals surface area contributed by atoms with Crippen molar-refractivity contribution in [1.82, 2.24) is 0 Å². The highest BCUT2D eigenvalue weighted by Gasteiger charge is 2.70. The van der Waals surface area contributed by atoms with Gasteiger partial charge in [0.05, 0.1) is 0 Å². The van der Waals surface area contributed by atoms with Crippen LogP contribution >= 0.6 is 34.8 Å². The fourth-order valence-corrected chi connectivity index (χ4v) is 1.16. The number of nitriles is 1. The number of halogens is 6. The molecule has 1 fully saturated rings.